The van der Waals surface area contributed by atoms with Gasteiger partial charge in [0, 0.05) is 12.6 Å². The van der Waals surface area contributed by atoms with Crippen molar-refractivity contribution in [1.82, 2.24) is 4.90 Å². The molecule has 5 nitrogen and oxygen atoms in total. The Hall–Kier alpha value is -3.61. The molecule has 0 aliphatic carbocycles. The number of amides is 1. The number of nitrogens with zero attached hydrogens (tertiary/aromatic N) is 1. The summed E-state index contributed by atoms with van der Waals surface area (Å²) in [5.41, 5.74) is 1.60. The molecule has 0 N–H and O–H groups in total. The van der Waals surface area contributed by atoms with Gasteiger partial charge in [-0.05, 0) is 41.5 Å². The molecule has 0 unspecified atom stereocenters. The highest BCUT2D eigenvalue weighted by Crippen LogP contribution is 2.29. The third kappa shape index (κ3) is 5.94. The maximum atomic E-state index is 12.9. The molecule has 0 aliphatic heterocycles. The van der Waals surface area contributed by atoms with Gasteiger partial charge in [0.2, 0.25) is 5.91 Å². The van der Waals surface area contributed by atoms with Crippen LogP contribution in [0.4, 0.5) is 8.78 Å². The van der Waals surface area contributed by atoms with Gasteiger partial charge in [-0.15, -0.1) is 0 Å². The van der Waals surface area contributed by atoms with E-state index in [1.165, 1.54) is 25.3 Å². The van der Waals surface area contributed by atoms with Crippen molar-refractivity contribution in [3.05, 3.63) is 89.9 Å². The van der Waals surface area contributed by atoms with Crippen LogP contribution in [0.1, 0.15) is 16.9 Å². The van der Waals surface area contributed by atoms with Gasteiger partial charge in [0.05, 0.1) is 19.9 Å². The van der Waals surface area contributed by atoms with Gasteiger partial charge >= 0.3 is 6.61 Å². The van der Waals surface area contributed by atoms with Crippen LogP contribution in [-0.2, 0) is 17.9 Å². The van der Waals surface area contributed by atoms with Crippen LogP contribution in [0, 0.1) is 0 Å². The van der Waals surface area contributed by atoms with Crippen molar-refractivity contribution >= 4 is 12.0 Å². The Kier molecular flexibility index (Phi) is 7.21. The number of halogens is 2. The third-order valence-corrected chi connectivity index (χ3v) is 4.28. The number of ether oxygens (including phenoxy) is 2. The fourth-order valence-corrected chi connectivity index (χ4v) is 2.86. The predicted molar refractivity (Wildman–Crippen MR) is 108 cm³/mol. The molecule has 0 radical (unpaired) electrons. The lowest BCUT2D eigenvalue weighted by Crippen LogP contribution is -2.28. The number of carbonyl (C=O) groups excluding carboxylic acids is 1. The number of rotatable bonds is 9. The number of hydrogen-bond donors (Lipinski definition) is 0. The summed E-state index contributed by atoms with van der Waals surface area (Å²) in [7, 11) is 1.36. The van der Waals surface area contributed by atoms with Crippen molar-refractivity contribution in [2.75, 3.05) is 7.11 Å². The van der Waals surface area contributed by atoms with Crippen molar-refractivity contribution in [3.8, 4) is 11.5 Å². The fourth-order valence-electron chi connectivity index (χ4n) is 2.86. The van der Waals surface area contributed by atoms with E-state index in [2.05, 4.69) is 4.74 Å². The first-order chi connectivity index (χ1) is 14.5. The van der Waals surface area contributed by atoms with Crippen LogP contribution in [0.15, 0.2) is 77.4 Å². The van der Waals surface area contributed by atoms with Gasteiger partial charge in [-0.1, -0.05) is 36.4 Å². The Morgan fingerprint density at radius 2 is 1.87 bits per heavy atom. The molecule has 1 aromatic heterocycles. The van der Waals surface area contributed by atoms with Crippen molar-refractivity contribution in [2.24, 2.45) is 0 Å². The summed E-state index contributed by atoms with van der Waals surface area (Å²) >= 11 is 0. The highest BCUT2D eigenvalue weighted by atomic mass is 19.3. The summed E-state index contributed by atoms with van der Waals surface area (Å²) in [6, 6.07) is 17.7. The molecule has 3 rings (SSSR count). The molecule has 2 aromatic carbocycles. The van der Waals surface area contributed by atoms with E-state index in [9.17, 15) is 13.6 Å². The van der Waals surface area contributed by atoms with Crippen molar-refractivity contribution in [1.29, 1.82) is 0 Å². The number of furan rings is 1. The average Bonchev–Trinajstić information content (AvgIpc) is 3.26. The average molecular weight is 413 g/mol. The van der Waals surface area contributed by atoms with E-state index >= 15 is 0 Å². The van der Waals surface area contributed by atoms with E-state index in [4.69, 9.17) is 9.15 Å². The molecule has 0 fully saturated rings. The maximum absolute atomic E-state index is 12.9. The first kappa shape index (κ1) is 21.1. The minimum absolute atomic E-state index is 0.0699. The highest BCUT2D eigenvalue weighted by Gasteiger charge is 2.14. The minimum atomic E-state index is -2.95. The fraction of sp³-hybridized carbons (Fsp3) is 0.174. The van der Waals surface area contributed by atoms with E-state index in [-0.39, 0.29) is 17.4 Å². The second kappa shape index (κ2) is 10.2. The summed E-state index contributed by atoms with van der Waals surface area (Å²) in [5, 5.41) is 0. The lowest BCUT2D eigenvalue weighted by atomic mass is 10.1. The smallest absolute Gasteiger partial charge is 0.387 e. The maximum Gasteiger partial charge on any atom is 0.387 e. The van der Waals surface area contributed by atoms with Gasteiger partial charge in [0.25, 0.3) is 0 Å². The Bertz CT molecular complexity index is 972. The van der Waals surface area contributed by atoms with E-state index in [0.717, 1.165) is 5.56 Å². The van der Waals surface area contributed by atoms with Crippen LogP contribution in [0.25, 0.3) is 6.08 Å². The summed E-state index contributed by atoms with van der Waals surface area (Å²) in [6.45, 7) is -2.22. The number of carbonyl (C=O) groups is 1. The molecule has 1 amide bonds. The van der Waals surface area contributed by atoms with Crippen LogP contribution >= 0.6 is 0 Å². The van der Waals surface area contributed by atoms with Crippen LogP contribution in [0.2, 0.25) is 0 Å². The quantitative estimate of drug-likeness (QED) is 0.456. The van der Waals surface area contributed by atoms with Gasteiger partial charge in [0.15, 0.2) is 11.5 Å². The van der Waals surface area contributed by atoms with Crippen molar-refractivity contribution < 1.29 is 27.5 Å². The van der Waals surface area contributed by atoms with Crippen molar-refractivity contribution in [3.63, 3.8) is 0 Å². The molecule has 0 spiro atoms. The number of alkyl halides is 2. The largest absolute Gasteiger partial charge is 0.493 e. The Labute approximate surface area is 173 Å². The summed E-state index contributed by atoms with van der Waals surface area (Å²) in [6.07, 6.45) is 4.58. The van der Waals surface area contributed by atoms with Gasteiger partial charge < -0.3 is 18.8 Å². The second-order valence-electron chi connectivity index (χ2n) is 6.38. The Balaban J connectivity index is 1.76. The molecule has 156 valence electrons. The number of benzene rings is 2. The van der Waals surface area contributed by atoms with Gasteiger partial charge in [-0.3, -0.25) is 4.79 Å². The standard InChI is InChI=1S/C23H21F2NO4/c1-28-21-14-17(9-11-20(21)30-23(24)25)10-12-22(27)26(16-19-8-5-13-29-19)15-18-6-3-2-4-7-18/h2-14,23H,15-16H2,1H3/b12-10+. The lowest BCUT2D eigenvalue weighted by Gasteiger charge is -2.20. The zero-order valence-electron chi connectivity index (χ0n) is 16.3. The lowest BCUT2D eigenvalue weighted by molar-refractivity contribution is -0.127. The molecular formula is C23H21F2NO4. The Morgan fingerprint density at radius 3 is 2.53 bits per heavy atom. The van der Waals surface area contributed by atoms with Crippen LogP contribution in [0.3, 0.4) is 0 Å². The molecule has 30 heavy (non-hydrogen) atoms. The van der Waals surface area contributed by atoms with Crippen molar-refractivity contribution in [2.45, 2.75) is 19.7 Å². The monoisotopic (exact) mass is 413 g/mol. The molecule has 0 saturated heterocycles. The predicted octanol–water partition coefficient (Wildman–Crippen LogP) is 5.13. The molecule has 0 atom stereocenters. The third-order valence-electron chi connectivity index (χ3n) is 4.28. The van der Waals surface area contributed by atoms with E-state index in [1.807, 2.05) is 36.4 Å². The normalized spacial score (nSPS) is 11.1. The SMILES string of the molecule is COc1cc(/C=C/C(=O)N(Cc2ccccc2)Cc2ccco2)ccc1OC(F)F. The zero-order valence-corrected chi connectivity index (χ0v) is 16.3. The van der Waals surface area contributed by atoms with Crippen LogP contribution in [-0.4, -0.2) is 24.5 Å². The van der Waals surface area contributed by atoms with Gasteiger partial charge in [0.1, 0.15) is 5.76 Å². The molecule has 0 aliphatic rings. The highest BCUT2D eigenvalue weighted by molar-refractivity contribution is 5.91. The van der Waals surface area contributed by atoms with E-state index in [1.54, 1.807) is 29.4 Å². The van der Waals surface area contributed by atoms with Gasteiger partial charge in [-0.25, -0.2) is 0 Å². The van der Waals surface area contributed by atoms with E-state index < -0.39 is 6.61 Å². The van der Waals surface area contributed by atoms with Gasteiger partial charge in [-0.2, -0.15) is 8.78 Å². The molecule has 7 heteroatoms. The molecule has 3 aromatic rings. The van der Waals surface area contributed by atoms with Crippen LogP contribution < -0.4 is 9.47 Å². The number of methoxy groups -OCH3 is 1. The Morgan fingerprint density at radius 1 is 1.07 bits per heavy atom. The molecule has 1 heterocycles. The minimum Gasteiger partial charge on any atom is -0.493 e. The molecule has 0 bridgehead atoms. The van der Waals surface area contributed by atoms with E-state index in [0.29, 0.717) is 24.4 Å². The zero-order chi connectivity index (χ0) is 21.3. The summed E-state index contributed by atoms with van der Waals surface area (Å²) in [4.78, 5) is 14.5. The summed E-state index contributed by atoms with van der Waals surface area (Å²) < 4.78 is 39.8. The molecule has 0 saturated carbocycles. The first-order valence-corrected chi connectivity index (χ1v) is 9.21. The topological polar surface area (TPSA) is 51.9 Å². The first-order valence-electron chi connectivity index (χ1n) is 9.21. The summed E-state index contributed by atoms with van der Waals surface area (Å²) in [5.74, 6) is 0.533. The number of hydrogen-bond acceptors (Lipinski definition) is 4. The second-order valence-corrected chi connectivity index (χ2v) is 6.38. The van der Waals surface area contributed by atoms with Crippen LogP contribution in [0.5, 0.6) is 11.5 Å². The molecular weight excluding hydrogens is 392 g/mol.